The third kappa shape index (κ3) is 3.42. The van der Waals surface area contributed by atoms with Gasteiger partial charge in [0.2, 0.25) is 0 Å². The summed E-state index contributed by atoms with van der Waals surface area (Å²) in [7, 11) is 6.65. The highest BCUT2D eigenvalue weighted by Gasteiger charge is 2.41. The predicted octanol–water partition coefficient (Wildman–Crippen LogP) is 3.47. The van der Waals surface area contributed by atoms with Gasteiger partial charge in [-0.05, 0) is 58.8 Å². The topological polar surface area (TPSA) is 15.3 Å². The van der Waals surface area contributed by atoms with Gasteiger partial charge in [-0.2, -0.15) is 0 Å². The van der Waals surface area contributed by atoms with Gasteiger partial charge in [-0.15, -0.1) is 0 Å². The zero-order valence-corrected chi connectivity index (χ0v) is 13.4. The fraction of sp³-hybridized carbons (Fsp3) is 0.667. The fourth-order valence-electron chi connectivity index (χ4n) is 3.93. The van der Waals surface area contributed by atoms with Gasteiger partial charge < -0.3 is 10.2 Å². The minimum Gasteiger partial charge on any atom is -0.315 e. The van der Waals surface area contributed by atoms with Crippen LogP contribution >= 0.6 is 0 Å². The van der Waals surface area contributed by atoms with E-state index in [0.717, 1.165) is 0 Å². The standard InChI is InChI=1S/C18H30N2/c1-19-17(18(20(2)3)14-7-8-15-18)13-9-12-16-10-5-4-6-11-16/h4-6,10-11,17,19H,7-9,12-15H2,1-3H3. The van der Waals surface area contributed by atoms with Gasteiger partial charge in [-0.1, -0.05) is 43.2 Å². The van der Waals surface area contributed by atoms with Crippen LogP contribution in [0.2, 0.25) is 0 Å². The van der Waals surface area contributed by atoms with Gasteiger partial charge in [0.05, 0.1) is 0 Å². The molecule has 2 nitrogen and oxygen atoms in total. The van der Waals surface area contributed by atoms with E-state index in [4.69, 9.17) is 0 Å². The van der Waals surface area contributed by atoms with E-state index in [1.54, 1.807) is 0 Å². The van der Waals surface area contributed by atoms with E-state index in [-0.39, 0.29) is 0 Å². The summed E-state index contributed by atoms with van der Waals surface area (Å²) >= 11 is 0. The first-order valence-electron chi connectivity index (χ1n) is 8.07. The summed E-state index contributed by atoms with van der Waals surface area (Å²) in [6.07, 6.45) is 9.19. The molecule has 1 N–H and O–H groups in total. The van der Waals surface area contributed by atoms with Crippen LogP contribution in [0.4, 0.5) is 0 Å². The Labute approximate surface area is 124 Å². The quantitative estimate of drug-likeness (QED) is 0.819. The van der Waals surface area contributed by atoms with Crippen molar-refractivity contribution in [3.63, 3.8) is 0 Å². The third-order valence-corrected chi connectivity index (χ3v) is 5.16. The molecule has 0 aliphatic heterocycles. The SMILES string of the molecule is CNC(CCCc1ccccc1)C1(N(C)C)CCCC1. The smallest absolute Gasteiger partial charge is 0.0356 e. The number of likely N-dealkylation sites (N-methyl/N-ethyl adjacent to an activating group) is 2. The van der Waals surface area contributed by atoms with Crippen LogP contribution in [0.1, 0.15) is 44.1 Å². The molecule has 1 saturated carbocycles. The van der Waals surface area contributed by atoms with Gasteiger partial charge in [0, 0.05) is 11.6 Å². The Hall–Kier alpha value is -0.860. The molecule has 0 bridgehead atoms. The Balaban J connectivity index is 1.91. The molecule has 1 aromatic carbocycles. The number of hydrogen-bond acceptors (Lipinski definition) is 2. The first-order chi connectivity index (χ1) is 9.69. The van der Waals surface area contributed by atoms with E-state index in [1.165, 1.54) is 50.5 Å². The zero-order chi connectivity index (χ0) is 14.4. The summed E-state index contributed by atoms with van der Waals surface area (Å²) in [6.45, 7) is 0. The molecule has 1 fully saturated rings. The number of aryl methyl sites for hydroxylation is 1. The molecular formula is C18H30N2. The van der Waals surface area contributed by atoms with Gasteiger partial charge in [0.1, 0.15) is 0 Å². The summed E-state index contributed by atoms with van der Waals surface area (Å²) < 4.78 is 0. The lowest BCUT2D eigenvalue weighted by Crippen LogP contribution is -2.56. The van der Waals surface area contributed by atoms with E-state index >= 15 is 0 Å². The van der Waals surface area contributed by atoms with Crippen LogP contribution in [0.25, 0.3) is 0 Å². The lowest BCUT2D eigenvalue weighted by atomic mass is 9.83. The summed E-state index contributed by atoms with van der Waals surface area (Å²) in [5, 5.41) is 3.61. The molecular weight excluding hydrogens is 244 g/mol. The number of nitrogens with zero attached hydrogens (tertiary/aromatic N) is 1. The molecule has 1 unspecified atom stereocenters. The first-order valence-corrected chi connectivity index (χ1v) is 8.07. The van der Waals surface area contributed by atoms with Crippen LogP contribution < -0.4 is 5.32 Å². The van der Waals surface area contributed by atoms with Crippen LogP contribution in [-0.2, 0) is 6.42 Å². The van der Waals surface area contributed by atoms with Crippen molar-refractivity contribution in [2.45, 2.75) is 56.5 Å². The molecule has 2 heteroatoms. The second kappa shape index (κ2) is 7.24. The highest BCUT2D eigenvalue weighted by molar-refractivity contribution is 5.14. The van der Waals surface area contributed by atoms with E-state index in [9.17, 15) is 0 Å². The maximum atomic E-state index is 3.61. The van der Waals surface area contributed by atoms with Gasteiger partial charge in [-0.3, -0.25) is 0 Å². The molecule has 0 heterocycles. The first kappa shape index (κ1) is 15.5. The van der Waals surface area contributed by atoms with Crippen molar-refractivity contribution in [3.05, 3.63) is 35.9 Å². The van der Waals surface area contributed by atoms with Crippen molar-refractivity contribution >= 4 is 0 Å². The Kier molecular flexibility index (Phi) is 5.62. The molecule has 1 atom stereocenters. The van der Waals surface area contributed by atoms with Crippen LogP contribution in [0.15, 0.2) is 30.3 Å². The third-order valence-electron chi connectivity index (χ3n) is 5.16. The van der Waals surface area contributed by atoms with Crippen LogP contribution in [0, 0.1) is 0 Å². The van der Waals surface area contributed by atoms with Crippen molar-refractivity contribution in [1.29, 1.82) is 0 Å². The van der Waals surface area contributed by atoms with Gasteiger partial charge >= 0.3 is 0 Å². The van der Waals surface area contributed by atoms with Crippen LogP contribution in [0.3, 0.4) is 0 Å². The summed E-state index contributed by atoms with van der Waals surface area (Å²) in [6, 6.07) is 11.5. The second-order valence-corrected chi connectivity index (χ2v) is 6.42. The number of benzene rings is 1. The normalized spacial score (nSPS) is 19.4. The Bertz CT molecular complexity index is 380. The van der Waals surface area contributed by atoms with E-state index in [0.29, 0.717) is 11.6 Å². The highest BCUT2D eigenvalue weighted by atomic mass is 15.2. The second-order valence-electron chi connectivity index (χ2n) is 6.42. The maximum Gasteiger partial charge on any atom is 0.0356 e. The highest BCUT2D eigenvalue weighted by Crippen LogP contribution is 2.38. The Morgan fingerprint density at radius 2 is 1.80 bits per heavy atom. The van der Waals surface area contributed by atoms with Crippen molar-refractivity contribution in [3.8, 4) is 0 Å². The number of hydrogen-bond donors (Lipinski definition) is 1. The van der Waals surface area contributed by atoms with E-state index in [2.05, 4.69) is 61.7 Å². The molecule has 112 valence electrons. The summed E-state index contributed by atoms with van der Waals surface area (Å²) in [5.74, 6) is 0. The molecule has 0 aromatic heterocycles. The summed E-state index contributed by atoms with van der Waals surface area (Å²) in [5.41, 5.74) is 1.85. The van der Waals surface area contributed by atoms with Crippen molar-refractivity contribution in [2.24, 2.45) is 0 Å². The molecule has 20 heavy (non-hydrogen) atoms. The largest absolute Gasteiger partial charge is 0.315 e. The average molecular weight is 274 g/mol. The van der Waals surface area contributed by atoms with Crippen molar-refractivity contribution in [2.75, 3.05) is 21.1 Å². The minimum absolute atomic E-state index is 0.380. The van der Waals surface area contributed by atoms with Gasteiger partial charge in [-0.25, -0.2) is 0 Å². The maximum absolute atomic E-state index is 3.61. The molecule has 0 spiro atoms. The van der Waals surface area contributed by atoms with Gasteiger partial charge in [0.25, 0.3) is 0 Å². The predicted molar refractivity (Wildman–Crippen MR) is 87.1 cm³/mol. The molecule has 0 radical (unpaired) electrons. The molecule has 2 rings (SSSR count). The lowest BCUT2D eigenvalue weighted by Gasteiger charge is -2.43. The molecule has 0 amide bonds. The minimum atomic E-state index is 0.380. The van der Waals surface area contributed by atoms with Crippen LogP contribution in [-0.4, -0.2) is 37.6 Å². The van der Waals surface area contributed by atoms with Crippen LogP contribution in [0.5, 0.6) is 0 Å². The lowest BCUT2D eigenvalue weighted by molar-refractivity contribution is 0.103. The molecule has 1 aliphatic rings. The number of nitrogens with one attached hydrogen (secondary N) is 1. The zero-order valence-electron chi connectivity index (χ0n) is 13.4. The van der Waals surface area contributed by atoms with Gasteiger partial charge in [0.15, 0.2) is 0 Å². The molecule has 0 saturated heterocycles. The molecule has 1 aliphatic carbocycles. The number of rotatable bonds is 7. The van der Waals surface area contributed by atoms with E-state index in [1.807, 2.05) is 0 Å². The van der Waals surface area contributed by atoms with Crippen molar-refractivity contribution < 1.29 is 0 Å². The van der Waals surface area contributed by atoms with Crippen molar-refractivity contribution in [1.82, 2.24) is 10.2 Å². The average Bonchev–Trinajstić information content (AvgIpc) is 2.95. The van der Waals surface area contributed by atoms with E-state index < -0.39 is 0 Å². The molecule has 1 aromatic rings. The monoisotopic (exact) mass is 274 g/mol. The summed E-state index contributed by atoms with van der Waals surface area (Å²) in [4.78, 5) is 2.48. The Morgan fingerprint density at radius 3 is 2.35 bits per heavy atom. The Morgan fingerprint density at radius 1 is 1.15 bits per heavy atom. The fourth-order valence-corrected chi connectivity index (χ4v) is 3.93.